The maximum Gasteiger partial charge on any atom is 0.344 e. The number of esters is 1. The van der Waals surface area contributed by atoms with Crippen molar-refractivity contribution in [3.63, 3.8) is 0 Å². The summed E-state index contributed by atoms with van der Waals surface area (Å²) in [5, 5.41) is 0.534. The van der Waals surface area contributed by atoms with Gasteiger partial charge in [-0.1, -0.05) is 23.4 Å². The maximum absolute atomic E-state index is 11.8. The molecule has 0 atom stereocenters. The first-order valence-electron chi connectivity index (χ1n) is 7.75. The van der Waals surface area contributed by atoms with Gasteiger partial charge in [0.1, 0.15) is 11.4 Å². The summed E-state index contributed by atoms with van der Waals surface area (Å²) in [4.78, 5) is 11.8. The Kier molecular flexibility index (Phi) is 5.95. The molecule has 2 aromatic rings. The summed E-state index contributed by atoms with van der Waals surface area (Å²) < 4.78 is 10.8. The molecule has 0 bridgehead atoms. The Balaban J connectivity index is 2.15. The van der Waals surface area contributed by atoms with Crippen molar-refractivity contribution in [2.45, 2.75) is 26.4 Å². The van der Waals surface area contributed by atoms with E-state index in [0.29, 0.717) is 22.0 Å². The molecule has 2 aromatic carbocycles. The van der Waals surface area contributed by atoms with Gasteiger partial charge < -0.3 is 15.2 Å². The Morgan fingerprint density at radius 2 is 1.80 bits per heavy atom. The first-order valence-corrected chi connectivity index (χ1v) is 8.12. The van der Waals surface area contributed by atoms with Crippen molar-refractivity contribution in [1.82, 2.24) is 0 Å². The van der Waals surface area contributed by atoms with Gasteiger partial charge in [0.25, 0.3) is 0 Å². The molecule has 4 nitrogen and oxygen atoms in total. The van der Waals surface area contributed by atoms with E-state index in [1.807, 2.05) is 12.1 Å². The Hall–Kier alpha value is -2.64. The van der Waals surface area contributed by atoms with E-state index in [-0.39, 0.29) is 6.61 Å². The van der Waals surface area contributed by atoms with E-state index in [2.05, 4.69) is 11.8 Å². The van der Waals surface area contributed by atoms with Crippen molar-refractivity contribution in [2.24, 2.45) is 0 Å². The van der Waals surface area contributed by atoms with E-state index in [1.165, 1.54) is 0 Å². The summed E-state index contributed by atoms with van der Waals surface area (Å²) in [6.07, 6.45) is 0. The van der Waals surface area contributed by atoms with Crippen molar-refractivity contribution in [3.8, 4) is 17.6 Å². The summed E-state index contributed by atoms with van der Waals surface area (Å²) in [7, 11) is 0. The lowest BCUT2D eigenvalue weighted by atomic mass is 10.1. The zero-order chi connectivity index (χ0) is 18.4. The number of rotatable bonds is 3. The van der Waals surface area contributed by atoms with Crippen molar-refractivity contribution in [3.05, 3.63) is 58.6 Å². The minimum Gasteiger partial charge on any atom is -0.481 e. The fourth-order valence-electron chi connectivity index (χ4n) is 1.94. The molecule has 0 aliphatic rings. The van der Waals surface area contributed by atoms with E-state index < -0.39 is 11.6 Å². The molecule has 0 fully saturated rings. The van der Waals surface area contributed by atoms with Gasteiger partial charge in [-0.05, 0) is 63.2 Å². The normalized spacial score (nSPS) is 10.6. The Morgan fingerprint density at radius 1 is 1.12 bits per heavy atom. The summed E-state index contributed by atoms with van der Waals surface area (Å²) >= 11 is 6.04. The molecule has 0 saturated carbocycles. The molecule has 0 radical (unpaired) electrons. The van der Waals surface area contributed by atoms with Crippen LogP contribution in [0.4, 0.5) is 5.69 Å². The summed E-state index contributed by atoms with van der Waals surface area (Å²) in [5.74, 6) is 6.06. The van der Waals surface area contributed by atoms with Crippen LogP contribution in [-0.4, -0.2) is 18.2 Å². The van der Waals surface area contributed by atoms with Gasteiger partial charge in [-0.2, -0.15) is 0 Å². The molecule has 0 amide bonds. The number of nitrogen functional groups attached to an aromatic ring is 1. The van der Waals surface area contributed by atoms with E-state index in [4.69, 9.17) is 26.8 Å². The zero-order valence-corrected chi connectivity index (χ0v) is 15.2. The number of carbonyl (C=O) groups excluding carboxylic acids is 1. The van der Waals surface area contributed by atoms with Gasteiger partial charge in [0.05, 0.1) is 5.56 Å². The number of anilines is 1. The van der Waals surface area contributed by atoms with Crippen molar-refractivity contribution < 1.29 is 14.3 Å². The second-order valence-electron chi connectivity index (χ2n) is 6.39. The molecule has 2 N–H and O–H groups in total. The molecule has 5 heteroatoms. The largest absolute Gasteiger partial charge is 0.481 e. The van der Waals surface area contributed by atoms with E-state index in [0.717, 1.165) is 5.56 Å². The van der Waals surface area contributed by atoms with Gasteiger partial charge in [-0.3, -0.25) is 0 Å². The number of halogens is 1. The highest BCUT2D eigenvalue weighted by Gasteiger charge is 2.17. The molecule has 0 spiro atoms. The fourth-order valence-corrected chi connectivity index (χ4v) is 2.11. The predicted molar refractivity (Wildman–Crippen MR) is 99.6 cm³/mol. The first kappa shape index (κ1) is 18.7. The molecular weight excluding hydrogens is 338 g/mol. The van der Waals surface area contributed by atoms with E-state index in [1.54, 1.807) is 51.1 Å². The van der Waals surface area contributed by atoms with Gasteiger partial charge in [-0.25, -0.2) is 4.79 Å². The Labute approximate surface area is 152 Å². The summed E-state index contributed by atoms with van der Waals surface area (Å²) in [5.41, 5.74) is 7.18. The lowest BCUT2D eigenvalue weighted by molar-refractivity contribution is -0.157. The average Bonchev–Trinajstić information content (AvgIpc) is 2.52. The van der Waals surface area contributed by atoms with Crippen LogP contribution >= 0.6 is 11.6 Å². The number of benzene rings is 2. The molecule has 0 saturated heterocycles. The smallest absolute Gasteiger partial charge is 0.344 e. The second kappa shape index (κ2) is 7.96. The average molecular weight is 358 g/mol. The monoisotopic (exact) mass is 357 g/mol. The Morgan fingerprint density at radius 3 is 2.44 bits per heavy atom. The van der Waals surface area contributed by atoms with Crippen molar-refractivity contribution >= 4 is 23.3 Å². The van der Waals surface area contributed by atoms with Crippen molar-refractivity contribution in [1.29, 1.82) is 0 Å². The zero-order valence-electron chi connectivity index (χ0n) is 14.4. The molecule has 0 aliphatic heterocycles. The molecule has 0 unspecified atom stereocenters. The van der Waals surface area contributed by atoms with Crippen LogP contribution in [0, 0.1) is 11.8 Å². The number of ether oxygens (including phenoxy) is 2. The lowest BCUT2D eigenvalue weighted by Crippen LogP contribution is -2.27. The van der Waals surface area contributed by atoms with E-state index in [9.17, 15) is 4.79 Å². The highest BCUT2D eigenvalue weighted by molar-refractivity contribution is 6.30. The van der Waals surface area contributed by atoms with Crippen LogP contribution in [0.5, 0.6) is 5.75 Å². The van der Waals surface area contributed by atoms with Gasteiger partial charge in [0, 0.05) is 16.3 Å². The fraction of sp³-hybridized carbons (Fsp3) is 0.250. The summed E-state index contributed by atoms with van der Waals surface area (Å²) in [6.45, 7) is 5.21. The van der Waals surface area contributed by atoms with E-state index >= 15 is 0 Å². The predicted octanol–water partition coefficient (Wildman–Crippen LogP) is 4.04. The molecule has 0 heterocycles. The molecule has 130 valence electrons. The molecule has 0 aliphatic carbocycles. The maximum atomic E-state index is 11.8. The third-order valence-corrected chi connectivity index (χ3v) is 3.19. The van der Waals surface area contributed by atoms with Crippen LogP contribution in [0.2, 0.25) is 5.02 Å². The van der Waals surface area contributed by atoms with Crippen LogP contribution in [-0.2, 0) is 9.53 Å². The van der Waals surface area contributed by atoms with Crippen LogP contribution in [0.25, 0.3) is 0 Å². The Bertz CT molecular complexity index is 812. The minimum absolute atomic E-state index is 0.199. The SMILES string of the molecule is CC(C)(C)OC(=O)COc1ccc(Cl)cc1C#Cc1ccc(N)cc1. The van der Waals surface area contributed by atoms with Gasteiger partial charge in [0.2, 0.25) is 0 Å². The molecule has 2 rings (SSSR count). The van der Waals surface area contributed by atoms with Gasteiger partial charge in [-0.15, -0.1) is 0 Å². The number of carbonyl (C=O) groups is 1. The van der Waals surface area contributed by atoms with Crippen molar-refractivity contribution in [2.75, 3.05) is 12.3 Å². The lowest BCUT2D eigenvalue weighted by Gasteiger charge is -2.19. The quantitative estimate of drug-likeness (QED) is 0.511. The third kappa shape index (κ3) is 6.40. The highest BCUT2D eigenvalue weighted by Crippen LogP contribution is 2.22. The second-order valence-corrected chi connectivity index (χ2v) is 6.82. The number of hydrogen-bond donors (Lipinski definition) is 1. The molecular formula is C20H20ClNO3. The first-order chi connectivity index (χ1) is 11.7. The third-order valence-electron chi connectivity index (χ3n) is 2.96. The number of hydrogen-bond acceptors (Lipinski definition) is 4. The van der Waals surface area contributed by atoms with Crippen LogP contribution < -0.4 is 10.5 Å². The molecule has 25 heavy (non-hydrogen) atoms. The van der Waals surface area contributed by atoms with Gasteiger partial charge in [0.15, 0.2) is 6.61 Å². The highest BCUT2D eigenvalue weighted by atomic mass is 35.5. The van der Waals surface area contributed by atoms with Gasteiger partial charge >= 0.3 is 5.97 Å². The van der Waals surface area contributed by atoms with Crippen LogP contribution in [0.15, 0.2) is 42.5 Å². The summed E-state index contributed by atoms with van der Waals surface area (Å²) in [6, 6.07) is 12.3. The molecule has 0 aromatic heterocycles. The minimum atomic E-state index is -0.557. The van der Waals surface area contributed by atoms with Crippen LogP contribution in [0.1, 0.15) is 31.9 Å². The number of nitrogens with two attached hydrogens (primary N) is 1. The topological polar surface area (TPSA) is 61.5 Å². The standard InChI is InChI=1S/C20H20ClNO3/c1-20(2,3)25-19(23)13-24-18-11-8-16(21)12-15(18)7-4-14-5-9-17(22)10-6-14/h5-6,8-12H,13,22H2,1-3H3. The van der Waals surface area contributed by atoms with Crippen LogP contribution in [0.3, 0.4) is 0 Å².